The number of pyridine rings is 1. The van der Waals surface area contributed by atoms with E-state index in [0.29, 0.717) is 25.1 Å². The molecule has 1 amide bonds. The molecule has 3 heterocycles. The molecule has 2 unspecified atom stereocenters. The largest absolute Gasteiger partial charge is 0.350 e. The Labute approximate surface area is 250 Å². The van der Waals surface area contributed by atoms with E-state index in [2.05, 4.69) is 15.8 Å². The van der Waals surface area contributed by atoms with Crippen molar-refractivity contribution in [1.29, 1.82) is 0 Å². The van der Waals surface area contributed by atoms with Gasteiger partial charge in [0.2, 0.25) is 0 Å². The normalized spacial score (nSPS) is 16.8. The van der Waals surface area contributed by atoms with E-state index in [1.165, 1.54) is 17.6 Å². The molecule has 1 N–H and O–H groups in total. The third-order valence-electron chi connectivity index (χ3n) is 7.79. The average molecular weight is 606 g/mol. The van der Waals surface area contributed by atoms with Crippen molar-refractivity contribution in [3.63, 3.8) is 0 Å². The lowest BCUT2D eigenvalue weighted by Gasteiger charge is -2.28. The maximum atomic E-state index is 13.0. The number of hydrogen-bond donors (Lipinski definition) is 1. The summed E-state index contributed by atoms with van der Waals surface area (Å²) in [6.45, 7) is 2.50. The lowest BCUT2D eigenvalue weighted by molar-refractivity contribution is -0.201. The number of nitrogens with one attached hydrogen (secondary N) is 1. The Hall–Kier alpha value is -4.13. The van der Waals surface area contributed by atoms with Crippen LogP contribution in [0.3, 0.4) is 0 Å². The molecule has 2 aromatic heterocycles. The number of hydroxylamine groups is 1. The van der Waals surface area contributed by atoms with Crippen molar-refractivity contribution in [2.24, 2.45) is 0 Å². The number of sulfone groups is 1. The Morgan fingerprint density at radius 3 is 2.49 bits per heavy atom. The lowest BCUT2D eigenvalue weighted by atomic mass is 10.0. The molecule has 0 saturated carbocycles. The second kappa shape index (κ2) is 13.0. The maximum Gasteiger partial charge on any atom is 0.264 e. The summed E-state index contributed by atoms with van der Waals surface area (Å²) in [4.78, 5) is 31.2. The van der Waals surface area contributed by atoms with Gasteiger partial charge in [-0.3, -0.25) is 9.59 Å². The molecule has 0 spiro atoms. The second-order valence-corrected chi connectivity index (χ2v) is 13.4. The van der Waals surface area contributed by atoms with Crippen LogP contribution in [0.2, 0.25) is 0 Å². The van der Waals surface area contributed by atoms with E-state index in [0.717, 1.165) is 41.5 Å². The molecule has 43 heavy (non-hydrogen) atoms. The van der Waals surface area contributed by atoms with E-state index in [1.54, 1.807) is 16.9 Å². The number of rotatable bonds is 11. The Morgan fingerprint density at radius 2 is 1.81 bits per heavy atom. The van der Waals surface area contributed by atoms with Gasteiger partial charge < -0.3 is 9.30 Å². The van der Waals surface area contributed by atoms with Gasteiger partial charge in [-0.25, -0.2) is 23.4 Å². The van der Waals surface area contributed by atoms with Gasteiger partial charge in [0.15, 0.2) is 20.9 Å². The highest BCUT2D eigenvalue weighted by molar-refractivity contribution is 7.92. The minimum Gasteiger partial charge on any atom is -0.350 e. The maximum absolute atomic E-state index is 13.0. The van der Waals surface area contributed by atoms with E-state index in [1.807, 2.05) is 60.8 Å². The average Bonchev–Trinajstić information content (AvgIpc) is 3.48. The van der Waals surface area contributed by atoms with Crippen LogP contribution in [-0.2, 0) is 37.3 Å². The van der Waals surface area contributed by atoms with Crippen LogP contribution in [0.15, 0.2) is 83.9 Å². The number of nitrogens with zero attached hydrogens (tertiary/aromatic N) is 4. The molecular weight excluding hydrogens is 570 g/mol. The summed E-state index contributed by atoms with van der Waals surface area (Å²) in [5.74, 6) is -0.797. The van der Waals surface area contributed by atoms with Gasteiger partial charge in [0.25, 0.3) is 11.5 Å². The summed E-state index contributed by atoms with van der Waals surface area (Å²) in [5.41, 5.74) is 6.28. The van der Waals surface area contributed by atoms with Crippen molar-refractivity contribution < 1.29 is 22.8 Å². The minimum absolute atomic E-state index is 0.0214. The van der Waals surface area contributed by atoms with Gasteiger partial charge in [-0.15, -0.1) is 5.10 Å². The number of ether oxygens (including phenoxy) is 1. The van der Waals surface area contributed by atoms with Gasteiger partial charge >= 0.3 is 0 Å². The number of carbonyl (C=O) groups excluding carboxylic acids is 1. The number of amides is 1. The molecule has 2 atom stereocenters. The molecule has 1 aliphatic heterocycles. The fraction of sp³-hybridized carbons (Fsp3) is 0.355. The lowest BCUT2D eigenvalue weighted by Crippen LogP contribution is -2.51. The van der Waals surface area contributed by atoms with Crippen LogP contribution in [0.25, 0.3) is 22.4 Å². The second-order valence-electron chi connectivity index (χ2n) is 10.9. The van der Waals surface area contributed by atoms with E-state index in [-0.39, 0.29) is 18.5 Å². The molecule has 226 valence electrons. The Balaban J connectivity index is 1.23. The van der Waals surface area contributed by atoms with Crippen LogP contribution < -0.4 is 11.0 Å². The van der Waals surface area contributed by atoms with Crippen molar-refractivity contribution in [3.05, 3.63) is 95.0 Å². The Morgan fingerprint density at radius 1 is 1.07 bits per heavy atom. The molecule has 0 aliphatic carbocycles. The van der Waals surface area contributed by atoms with E-state index in [9.17, 15) is 18.0 Å². The van der Waals surface area contributed by atoms with Crippen molar-refractivity contribution in [1.82, 2.24) is 25.0 Å². The van der Waals surface area contributed by atoms with Crippen molar-refractivity contribution in [2.75, 3.05) is 12.9 Å². The Kier molecular flexibility index (Phi) is 9.19. The van der Waals surface area contributed by atoms with Gasteiger partial charge in [0.1, 0.15) is 5.69 Å². The number of aromatic nitrogens is 4. The summed E-state index contributed by atoms with van der Waals surface area (Å²) in [6.07, 6.45) is 6.18. The van der Waals surface area contributed by atoms with Gasteiger partial charge in [0.05, 0.1) is 12.7 Å². The topological polar surface area (TPSA) is 134 Å². The molecular formula is C31H35N5O6S. The summed E-state index contributed by atoms with van der Waals surface area (Å²) in [6, 6.07) is 21.0. The highest BCUT2D eigenvalue weighted by Crippen LogP contribution is 2.25. The van der Waals surface area contributed by atoms with Crippen molar-refractivity contribution in [3.8, 4) is 22.4 Å². The predicted octanol–water partition coefficient (Wildman–Crippen LogP) is 3.59. The first kappa shape index (κ1) is 30.3. The molecule has 4 aromatic rings. The highest BCUT2D eigenvalue weighted by atomic mass is 32.2. The molecule has 0 bridgehead atoms. The zero-order valence-electron chi connectivity index (χ0n) is 24.2. The monoisotopic (exact) mass is 605 g/mol. The zero-order valence-corrected chi connectivity index (χ0v) is 25.0. The summed E-state index contributed by atoms with van der Waals surface area (Å²) >= 11 is 0. The highest BCUT2D eigenvalue weighted by Gasteiger charge is 2.44. The zero-order chi connectivity index (χ0) is 30.5. The number of hydrogen-bond acceptors (Lipinski definition) is 8. The summed E-state index contributed by atoms with van der Waals surface area (Å²) in [5, 5.41) is 8.52. The van der Waals surface area contributed by atoms with Gasteiger partial charge in [-0.05, 0) is 48.9 Å². The summed E-state index contributed by atoms with van der Waals surface area (Å²) < 4.78 is 32.1. The quantitative estimate of drug-likeness (QED) is 0.257. The minimum atomic E-state index is -3.85. The van der Waals surface area contributed by atoms with Crippen molar-refractivity contribution in [2.45, 2.75) is 56.7 Å². The fourth-order valence-electron chi connectivity index (χ4n) is 4.82. The summed E-state index contributed by atoms with van der Waals surface area (Å²) in [7, 11) is -3.85. The van der Waals surface area contributed by atoms with Gasteiger partial charge in [-0.2, -0.15) is 0 Å². The number of aryl methyl sites for hydroxylation is 1. The van der Waals surface area contributed by atoms with Crippen LogP contribution in [0, 0.1) is 0 Å². The molecule has 11 nitrogen and oxygen atoms in total. The molecule has 1 saturated heterocycles. The molecule has 1 aliphatic rings. The molecule has 5 rings (SSSR count). The molecule has 1 fully saturated rings. The Bertz CT molecular complexity index is 1710. The standard InChI is InChI=1S/C31H35N5O6S/c1-31(43(2,39)40,30(38)33-42-29-10-6-7-19-41-29)16-18-35-17-15-26(20-28(35)37)24-11-13-25(14-12-24)27-22-36(34-32-27)21-23-8-4-3-5-9-23/h3-5,8-9,11-15,17,20,22,29H,6-7,10,16,18-19,21H2,1-2H3,(H,33,38). The molecule has 12 heteroatoms. The molecule has 2 aromatic carbocycles. The van der Waals surface area contributed by atoms with Crippen LogP contribution in [-0.4, -0.2) is 57.8 Å². The van der Waals surface area contributed by atoms with Gasteiger partial charge in [-0.1, -0.05) is 59.8 Å². The van der Waals surface area contributed by atoms with E-state index >= 15 is 0 Å². The van der Waals surface area contributed by atoms with Crippen LogP contribution in [0.4, 0.5) is 0 Å². The molecule has 0 radical (unpaired) electrons. The SMILES string of the molecule is CC(CCn1ccc(-c2ccc(-c3cn(Cc4ccccc4)nn3)cc2)cc1=O)(C(=O)NOC1CCCCO1)S(C)(=O)=O. The smallest absolute Gasteiger partial charge is 0.264 e. The number of benzene rings is 2. The van der Waals surface area contributed by atoms with Crippen LogP contribution in [0.5, 0.6) is 0 Å². The van der Waals surface area contributed by atoms with E-state index < -0.39 is 26.8 Å². The number of carbonyl (C=O) groups is 1. The van der Waals surface area contributed by atoms with Crippen molar-refractivity contribution >= 4 is 15.7 Å². The first-order valence-corrected chi connectivity index (χ1v) is 16.0. The third kappa shape index (κ3) is 7.27. The van der Waals surface area contributed by atoms with Gasteiger partial charge in [0, 0.05) is 43.7 Å². The first-order chi connectivity index (χ1) is 20.6. The first-order valence-electron chi connectivity index (χ1n) is 14.1. The third-order valence-corrected chi connectivity index (χ3v) is 9.81. The van der Waals surface area contributed by atoms with Crippen LogP contribution >= 0.6 is 0 Å². The van der Waals surface area contributed by atoms with Crippen LogP contribution in [0.1, 0.15) is 38.2 Å². The predicted molar refractivity (Wildman–Crippen MR) is 161 cm³/mol. The van der Waals surface area contributed by atoms with E-state index in [4.69, 9.17) is 9.57 Å². The fourth-order valence-corrected chi connectivity index (χ4v) is 5.66.